The second-order valence-electron chi connectivity index (χ2n) is 8.39. The highest BCUT2D eigenvalue weighted by Crippen LogP contribution is 2.32. The summed E-state index contributed by atoms with van der Waals surface area (Å²) in [6.45, 7) is 7.33. The van der Waals surface area contributed by atoms with Gasteiger partial charge in [0.25, 0.3) is 5.69 Å². The van der Waals surface area contributed by atoms with Gasteiger partial charge >= 0.3 is 0 Å². The minimum Gasteiger partial charge on any atom is -0.379 e. The van der Waals surface area contributed by atoms with Gasteiger partial charge in [-0.25, -0.2) is 0 Å². The molecule has 4 N–H and O–H groups in total. The van der Waals surface area contributed by atoms with Crippen molar-refractivity contribution in [3.63, 3.8) is 0 Å². The number of primary amides is 2. The Balaban J connectivity index is 1.86. The third-order valence-corrected chi connectivity index (χ3v) is 6.20. The Morgan fingerprint density at radius 3 is 1.88 bits per heavy atom. The summed E-state index contributed by atoms with van der Waals surface area (Å²) < 4.78 is 10.7. The number of nitrogens with zero attached hydrogens (tertiary/aromatic N) is 3. The highest BCUT2D eigenvalue weighted by Gasteiger charge is 2.30. The maximum atomic E-state index is 12.3. The van der Waals surface area contributed by atoms with E-state index in [1.165, 1.54) is 6.07 Å². The Hall–Kier alpha value is -2.60. The summed E-state index contributed by atoms with van der Waals surface area (Å²) in [5.41, 5.74) is 11.4. The molecule has 0 aliphatic carbocycles. The first kappa shape index (κ1) is 25.0. The van der Waals surface area contributed by atoms with Gasteiger partial charge in [-0.2, -0.15) is 0 Å². The van der Waals surface area contributed by atoms with Gasteiger partial charge in [0, 0.05) is 37.3 Å². The van der Waals surface area contributed by atoms with Gasteiger partial charge in [0.2, 0.25) is 11.8 Å². The molecule has 2 aliphatic heterocycles. The summed E-state index contributed by atoms with van der Waals surface area (Å²) in [5.74, 6) is -1.70. The van der Waals surface area contributed by atoms with E-state index in [0.29, 0.717) is 57.8 Å². The van der Waals surface area contributed by atoms with Crippen molar-refractivity contribution in [3.05, 3.63) is 38.4 Å². The molecule has 3 rings (SSSR count). The molecule has 0 bridgehead atoms. The van der Waals surface area contributed by atoms with E-state index in [9.17, 15) is 19.7 Å². The maximum absolute atomic E-state index is 12.3. The van der Waals surface area contributed by atoms with Crippen LogP contribution in [0.5, 0.6) is 0 Å². The summed E-state index contributed by atoms with van der Waals surface area (Å²) >= 11 is 0. The molecule has 0 saturated carbocycles. The molecule has 0 atom stereocenters. The molecule has 0 spiro atoms. The highest BCUT2D eigenvalue weighted by atomic mass is 16.6. The fourth-order valence-electron chi connectivity index (χ4n) is 4.55. The lowest BCUT2D eigenvalue weighted by molar-refractivity contribution is -0.386. The molecule has 0 aromatic heterocycles. The van der Waals surface area contributed by atoms with Crippen LogP contribution in [0.1, 0.15) is 44.7 Å². The quantitative estimate of drug-likeness (QED) is 0.351. The third kappa shape index (κ3) is 6.70. The number of aryl methyl sites for hydroxylation is 1. The highest BCUT2D eigenvalue weighted by molar-refractivity contribution is 6.08. The van der Waals surface area contributed by atoms with Crippen molar-refractivity contribution in [1.29, 1.82) is 0 Å². The van der Waals surface area contributed by atoms with E-state index in [1.807, 2.05) is 0 Å². The Labute approximate surface area is 193 Å². The van der Waals surface area contributed by atoms with E-state index < -0.39 is 16.7 Å². The van der Waals surface area contributed by atoms with Crippen LogP contribution in [0.3, 0.4) is 0 Å². The number of carbonyl (C=O) groups is 2. The zero-order valence-corrected chi connectivity index (χ0v) is 18.9. The van der Waals surface area contributed by atoms with Crippen molar-refractivity contribution < 1.29 is 24.0 Å². The Morgan fingerprint density at radius 1 is 0.909 bits per heavy atom. The van der Waals surface area contributed by atoms with Gasteiger partial charge in [0.15, 0.2) is 0 Å². The van der Waals surface area contributed by atoms with Crippen molar-refractivity contribution in [1.82, 2.24) is 9.80 Å². The molecule has 33 heavy (non-hydrogen) atoms. The van der Waals surface area contributed by atoms with Crippen LogP contribution in [0.4, 0.5) is 5.69 Å². The van der Waals surface area contributed by atoms with Crippen LogP contribution >= 0.6 is 0 Å². The number of morpholine rings is 2. The predicted molar refractivity (Wildman–Crippen MR) is 121 cm³/mol. The molecule has 1 aromatic carbocycles. The van der Waals surface area contributed by atoms with Crippen molar-refractivity contribution in [2.24, 2.45) is 11.5 Å². The maximum Gasteiger partial charge on any atom is 0.276 e. The lowest BCUT2D eigenvalue weighted by Gasteiger charge is -2.27. The minimum atomic E-state index is -0.881. The Morgan fingerprint density at radius 2 is 1.42 bits per heavy atom. The molecule has 2 saturated heterocycles. The number of benzene rings is 1. The van der Waals surface area contributed by atoms with Crippen molar-refractivity contribution in [3.8, 4) is 0 Å². The van der Waals surface area contributed by atoms with Gasteiger partial charge in [-0.1, -0.05) is 0 Å². The van der Waals surface area contributed by atoms with Crippen molar-refractivity contribution >= 4 is 17.5 Å². The summed E-state index contributed by atoms with van der Waals surface area (Å²) in [7, 11) is 0. The minimum absolute atomic E-state index is 0.0455. The molecule has 2 fully saturated rings. The van der Waals surface area contributed by atoms with Gasteiger partial charge in [-0.15, -0.1) is 0 Å². The molecule has 1 aromatic rings. The van der Waals surface area contributed by atoms with E-state index in [2.05, 4.69) is 9.80 Å². The van der Waals surface area contributed by atoms with E-state index in [0.717, 1.165) is 32.7 Å². The molecule has 2 aliphatic rings. The summed E-state index contributed by atoms with van der Waals surface area (Å²) in [6.07, 6.45) is 1.89. The number of nitro benzene ring substituents is 1. The van der Waals surface area contributed by atoms with E-state index in [-0.39, 0.29) is 28.8 Å². The molecule has 0 unspecified atom stereocenters. The fourth-order valence-corrected chi connectivity index (χ4v) is 4.55. The molecule has 2 heterocycles. The van der Waals surface area contributed by atoms with E-state index in [4.69, 9.17) is 20.9 Å². The van der Waals surface area contributed by atoms with Gasteiger partial charge in [0.05, 0.1) is 42.5 Å². The fraction of sp³-hybridized carbons (Fsp3) is 0.636. The number of nitro groups is 1. The van der Waals surface area contributed by atoms with Gasteiger partial charge in [0.1, 0.15) is 0 Å². The van der Waals surface area contributed by atoms with Gasteiger partial charge in [-0.05, 0) is 44.8 Å². The van der Waals surface area contributed by atoms with E-state index >= 15 is 0 Å². The monoisotopic (exact) mass is 463 g/mol. The van der Waals surface area contributed by atoms with Gasteiger partial charge < -0.3 is 20.9 Å². The molecule has 0 radical (unpaired) electrons. The molecule has 11 nitrogen and oxygen atoms in total. The second kappa shape index (κ2) is 12.0. The van der Waals surface area contributed by atoms with Crippen LogP contribution in [-0.2, 0) is 22.3 Å². The second-order valence-corrected chi connectivity index (χ2v) is 8.39. The first-order chi connectivity index (χ1) is 15.9. The molecule has 2 amide bonds. The number of amides is 2. The topological polar surface area (TPSA) is 154 Å². The van der Waals surface area contributed by atoms with Crippen LogP contribution in [0.25, 0.3) is 0 Å². The first-order valence-electron chi connectivity index (χ1n) is 11.4. The lowest BCUT2D eigenvalue weighted by Crippen LogP contribution is -2.37. The standard InChI is InChI=1S/C22H33N5O6/c23-21(28)18-15-16(3-1-5-25-7-11-32-12-8-25)20(27(30)31)17(19(18)22(24)29)4-2-6-26-9-13-33-14-10-26/h15H,1-14H2,(H2,23,28)(H2,24,29). The summed E-state index contributed by atoms with van der Waals surface area (Å²) in [4.78, 5) is 40.5. The SMILES string of the molecule is NC(=O)c1cc(CCCN2CCOCC2)c([N+](=O)[O-])c(CCCN2CCOCC2)c1C(N)=O. The smallest absolute Gasteiger partial charge is 0.276 e. The Bertz CT molecular complexity index is 865. The number of nitrogens with two attached hydrogens (primary N) is 2. The van der Waals surface area contributed by atoms with Crippen LogP contribution < -0.4 is 11.5 Å². The number of hydrogen-bond acceptors (Lipinski definition) is 8. The van der Waals surface area contributed by atoms with Crippen LogP contribution in [0.15, 0.2) is 6.07 Å². The van der Waals surface area contributed by atoms with Crippen LogP contribution in [-0.4, -0.2) is 92.2 Å². The molecule has 11 heteroatoms. The average Bonchev–Trinajstić information content (AvgIpc) is 2.79. The molecular weight excluding hydrogens is 430 g/mol. The molecule has 182 valence electrons. The first-order valence-corrected chi connectivity index (χ1v) is 11.4. The number of rotatable bonds is 11. The number of ether oxygens (including phenoxy) is 2. The van der Waals surface area contributed by atoms with Crippen molar-refractivity contribution in [2.45, 2.75) is 25.7 Å². The van der Waals surface area contributed by atoms with Gasteiger partial charge in [-0.3, -0.25) is 29.5 Å². The van der Waals surface area contributed by atoms with Crippen LogP contribution in [0, 0.1) is 10.1 Å². The lowest BCUT2D eigenvalue weighted by atomic mass is 9.90. The zero-order chi connectivity index (χ0) is 23.8. The number of hydrogen-bond donors (Lipinski definition) is 2. The molecular formula is C22H33N5O6. The third-order valence-electron chi connectivity index (χ3n) is 6.20. The summed E-state index contributed by atoms with van der Waals surface area (Å²) in [5, 5.41) is 12.1. The summed E-state index contributed by atoms with van der Waals surface area (Å²) in [6, 6.07) is 1.38. The van der Waals surface area contributed by atoms with Crippen LogP contribution in [0.2, 0.25) is 0 Å². The average molecular weight is 464 g/mol. The predicted octanol–water partition coefficient (Wildman–Crippen LogP) is 0.322. The largest absolute Gasteiger partial charge is 0.379 e. The normalized spacial score (nSPS) is 17.7. The number of carbonyl (C=O) groups excluding carboxylic acids is 2. The van der Waals surface area contributed by atoms with Crippen molar-refractivity contribution in [2.75, 3.05) is 65.7 Å². The Kier molecular flexibility index (Phi) is 9.12. The zero-order valence-electron chi connectivity index (χ0n) is 18.9. The van der Waals surface area contributed by atoms with E-state index in [1.54, 1.807) is 0 Å².